The number of H-pyrrole nitrogens is 1. The van der Waals surface area contributed by atoms with Crippen molar-refractivity contribution in [3.63, 3.8) is 0 Å². The van der Waals surface area contributed by atoms with E-state index in [-0.39, 0.29) is 0 Å². The van der Waals surface area contributed by atoms with Crippen LogP contribution in [0.25, 0.3) is 22.5 Å². The number of ether oxygens (including phenoxy) is 2. The Morgan fingerprint density at radius 1 is 1.00 bits per heavy atom. The Kier molecular flexibility index (Phi) is 7.39. The zero-order chi connectivity index (χ0) is 24.0. The smallest absolute Gasteiger partial charge is 0.231 e. The van der Waals surface area contributed by atoms with E-state index in [0.29, 0.717) is 24.5 Å². The predicted octanol–water partition coefficient (Wildman–Crippen LogP) is 3.77. The van der Waals surface area contributed by atoms with Crippen LogP contribution in [0.3, 0.4) is 0 Å². The summed E-state index contributed by atoms with van der Waals surface area (Å²) in [5.41, 5.74) is 4.03. The van der Waals surface area contributed by atoms with Crippen LogP contribution in [0.4, 0.5) is 0 Å². The van der Waals surface area contributed by atoms with Gasteiger partial charge in [-0.25, -0.2) is 14.8 Å². The highest BCUT2D eigenvalue weighted by molar-refractivity contribution is 5.79. The van der Waals surface area contributed by atoms with E-state index in [9.17, 15) is 0 Å². The van der Waals surface area contributed by atoms with Crippen molar-refractivity contribution in [2.75, 3.05) is 14.2 Å². The molecule has 34 heavy (non-hydrogen) atoms. The van der Waals surface area contributed by atoms with Crippen molar-refractivity contribution in [1.29, 1.82) is 0 Å². The van der Waals surface area contributed by atoms with Gasteiger partial charge < -0.3 is 9.47 Å². The number of benzene rings is 1. The van der Waals surface area contributed by atoms with Crippen molar-refractivity contribution in [3.05, 3.63) is 59.9 Å². The number of aryl methyl sites for hydroxylation is 1. The van der Waals surface area contributed by atoms with Crippen LogP contribution >= 0.6 is 0 Å². The Hall–Kier alpha value is -3.50. The number of nitrogens with one attached hydrogen (secondary N) is 1. The standard InChI is InChI=1S/C24H30N8O2/c1-5-12-24(33-3,34-4)23-26-21(32(29-23)14-6-2)15-17-7-9-18(10-8-17)19-11-13-25-16-20(19)22-27-30-31-28-22/h7-11,13,16H,5-6,12,14-15H2,1-4H3,(H,27,28,30,31). The fraction of sp³-hybridized carbons (Fsp3) is 0.417. The van der Waals surface area contributed by atoms with Gasteiger partial charge >= 0.3 is 0 Å². The fourth-order valence-corrected chi connectivity index (χ4v) is 4.06. The lowest BCUT2D eigenvalue weighted by atomic mass is 9.99. The first-order valence-corrected chi connectivity index (χ1v) is 11.5. The summed E-state index contributed by atoms with van der Waals surface area (Å²) < 4.78 is 13.4. The largest absolute Gasteiger partial charge is 0.347 e. The van der Waals surface area contributed by atoms with E-state index < -0.39 is 5.79 Å². The maximum absolute atomic E-state index is 5.73. The molecule has 0 radical (unpaired) electrons. The van der Waals surface area contributed by atoms with Gasteiger partial charge in [-0.3, -0.25) is 4.98 Å². The van der Waals surface area contributed by atoms with Gasteiger partial charge in [-0.1, -0.05) is 44.5 Å². The molecule has 1 aromatic carbocycles. The van der Waals surface area contributed by atoms with E-state index in [1.165, 1.54) is 0 Å². The average Bonchev–Trinajstić information content (AvgIpc) is 3.55. The summed E-state index contributed by atoms with van der Waals surface area (Å²) in [6.07, 6.45) is 6.70. The summed E-state index contributed by atoms with van der Waals surface area (Å²) >= 11 is 0. The quantitative estimate of drug-likeness (QED) is 0.335. The van der Waals surface area contributed by atoms with Gasteiger partial charge in [0, 0.05) is 51.6 Å². The summed E-state index contributed by atoms with van der Waals surface area (Å²) in [5.74, 6) is 1.11. The summed E-state index contributed by atoms with van der Waals surface area (Å²) in [4.78, 5) is 9.08. The number of hydrogen-bond acceptors (Lipinski definition) is 8. The second-order valence-corrected chi connectivity index (χ2v) is 8.03. The minimum absolute atomic E-state index is 0.571. The molecule has 4 rings (SSSR count). The molecule has 10 heteroatoms. The van der Waals surface area contributed by atoms with Gasteiger partial charge in [-0.15, -0.1) is 5.10 Å². The van der Waals surface area contributed by atoms with Gasteiger partial charge in [0.2, 0.25) is 11.6 Å². The van der Waals surface area contributed by atoms with Crippen molar-refractivity contribution in [1.82, 2.24) is 40.4 Å². The second kappa shape index (κ2) is 10.6. The predicted molar refractivity (Wildman–Crippen MR) is 127 cm³/mol. The lowest BCUT2D eigenvalue weighted by Crippen LogP contribution is -2.32. The first-order valence-electron chi connectivity index (χ1n) is 11.5. The lowest BCUT2D eigenvalue weighted by molar-refractivity contribution is -0.225. The number of methoxy groups -OCH3 is 2. The molecular formula is C24H30N8O2. The maximum Gasteiger partial charge on any atom is 0.231 e. The zero-order valence-electron chi connectivity index (χ0n) is 20.0. The molecule has 178 valence electrons. The van der Waals surface area contributed by atoms with Crippen LogP contribution in [0.5, 0.6) is 0 Å². The van der Waals surface area contributed by atoms with Crippen LogP contribution in [0.15, 0.2) is 42.7 Å². The van der Waals surface area contributed by atoms with Gasteiger partial charge in [-0.2, -0.15) is 5.10 Å². The molecule has 0 bridgehead atoms. The number of rotatable bonds is 11. The molecule has 0 unspecified atom stereocenters. The van der Waals surface area contributed by atoms with E-state index in [2.05, 4.69) is 63.7 Å². The van der Waals surface area contributed by atoms with Crippen LogP contribution in [0.1, 0.15) is 50.3 Å². The van der Waals surface area contributed by atoms with Gasteiger partial charge in [0.15, 0.2) is 5.82 Å². The molecule has 10 nitrogen and oxygen atoms in total. The van der Waals surface area contributed by atoms with Crippen LogP contribution in [-0.2, 0) is 28.2 Å². The van der Waals surface area contributed by atoms with E-state index in [1.807, 2.05) is 10.7 Å². The van der Waals surface area contributed by atoms with E-state index in [4.69, 9.17) is 19.6 Å². The first-order chi connectivity index (χ1) is 16.6. The first kappa shape index (κ1) is 23.7. The molecule has 0 aliphatic heterocycles. The fourth-order valence-electron chi connectivity index (χ4n) is 4.06. The molecule has 0 amide bonds. The minimum atomic E-state index is -0.931. The molecule has 0 atom stereocenters. The van der Waals surface area contributed by atoms with Gasteiger partial charge in [0.05, 0.1) is 0 Å². The molecule has 0 saturated heterocycles. The van der Waals surface area contributed by atoms with Crippen LogP contribution in [-0.4, -0.2) is 54.6 Å². The molecule has 0 fully saturated rings. The Bertz CT molecular complexity index is 1180. The number of tetrazole rings is 1. The highest BCUT2D eigenvalue weighted by Gasteiger charge is 2.36. The number of nitrogens with zero attached hydrogens (tertiary/aromatic N) is 7. The van der Waals surface area contributed by atoms with Crippen molar-refractivity contribution in [2.24, 2.45) is 0 Å². The highest BCUT2D eigenvalue weighted by atomic mass is 16.7. The third kappa shape index (κ3) is 4.73. The normalized spacial score (nSPS) is 11.8. The number of aromatic nitrogens is 8. The SMILES string of the molecule is CCCn1nc(C(CCC)(OC)OC)nc1Cc1ccc(-c2ccncc2-c2nnn[nH]2)cc1. The Morgan fingerprint density at radius 2 is 1.79 bits per heavy atom. The van der Waals surface area contributed by atoms with Crippen molar-refractivity contribution in [3.8, 4) is 22.5 Å². The van der Waals surface area contributed by atoms with E-state index in [0.717, 1.165) is 47.5 Å². The number of pyridine rings is 1. The Morgan fingerprint density at radius 3 is 2.44 bits per heavy atom. The average molecular weight is 463 g/mol. The third-order valence-corrected chi connectivity index (χ3v) is 5.81. The van der Waals surface area contributed by atoms with Gasteiger partial charge in [-0.05, 0) is 39.6 Å². The van der Waals surface area contributed by atoms with Crippen LogP contribution < -0.4 is 0 Å². The van der Waals surface area contributed by atoms with Gasteiger partial charge in [0.1, 0.15) is 5.82 Å². The number of aromatic amines is 1. The Balaban J connectivity index is 1.62. The highest BCUT2D eigenvalue weighted by Crippen LogP contribution is 2.31. The molecule has 3 aromatic heterocycles. The molecule has 4 aromatic rings. The maximum atomic E-state index is 5.73. The van der Waals surface area contributed by atoms with E-state index in [1.54, 1.807) is 26.6 Å². The molecule has 0 aliphatic carbocycles. The summed E-state index contributed by atoms with van der Waals surface area (Å²) in [6, 6.07) is 10.3. The second-order valence-electron chi connectivity index (χ2n) is 8.03. The minimum Gasteiger partial charge on any atom is -0.347 e. The molecule has 1 N–H and O–H groups in total. The molecule has 0 aliphatic rings. The molecular weight excluding hydrogens is 432 g/mol. The van der Waals surface area contributed by atoms with Crippen molar-refractivity contribution >= 4 is 0 Å². The summed E-state index contributed by atoms with van der Waals surface area (Å²) in [5, 5.41) is 19.0. The van der Waals surface area contributed by atoms with Crippen LogP contribution in [0.2, 0.25) is 0 Å². The molecule has 0 spiro atoms. The topological polar surface area (TPSA) is 117 Å². The van der Waals surface area contributed by atoms with Crippen molar-refractivity contribution < 1.29 is 9.47 Å². The lowest BCUT2D eigenvalue weighted by Gasteiger charge is -2.27. The molecule has 0 saturated carbocycles. The monoisotopic (exact) mass is 462 g/mol. The van der Waals surface area contributed by atoms with Crippen molar-refractivity contribution in [2.45, 2.75) is 51.9 Å². The Labute approximate surface area is 198 Å². The van der Waals surface area contributed by atoms with Gasteiger partial charge in [0.25, 0.3) is 0 Å². The summed E-state index contributed by atoms with van der Waals surface area (Å²) in [7, 11) is 3.28. The van der Waals surface area contributed by atoms with Crippen LogP contribution in [0, 0.1) is 0 Å². The number of hydrogen-bond donors (Lipinski definition) is 1. The summed E-state index contributed by atoms with van der Waals surface area (Å²) in [6.45, 7) is 5.00. The zero-order valence-corrected chi connectivity index (χ0v) is 20.0. The van der Waals surface area contributed by atoms with E-state index >= 15 is 0 Å². The third-order valence-electron chi connectivity index (χ3n) is 5.81. The molecule has 3 heterocycles.